The van der Waals surface area contributed by atoms with Gasteiger partial charge in [-0.3, -0.25) is 0 Å². The van der Waals surface area contributed by atoms with Crippen molar-refractivity contribution < 1.29 is 4.79 Å². The number of hydrogen-bond donors (Lipinski definition) is 1. The molecule has 0 aromatic carbocycles. The first-order chi connectivity index (χ1) is 8.18. The van der Waals surface area contributed by atoms with E-state index in [-0.39, 0.29) is 6.03 Å². The van der Waals surface area contributed by atoms with Gasteiger partial charge in [-0.05, 0) is 31.6 Å². The highest BCUT2D eigenvalue weighted by molar-refractivity contribution is 9.11. The van der Waals surface area contributed by atoms with Crippen molar-refractivity contribution in [3.05, 3.63) is 11.1 Å². The minimum absolute atomic E-state index is 0.0833. The molecular formula is C13H21BrN2O. The number of urea groups is 1. The van der Waals surface area contributed by atoms with Crippen molar-refractivity contribution in [1.82, 2.24) is 10.2 Å². The summed E-state index contributed by atoms with van der Waals surface area (Å²) in [6.45, 7) is 5.17. The minimum atomic E-state index is 0.0833. The fourth-order valence-corrected chi connectivity index (χ4v) is 3.29. The second kappa shape index (κ2) is 5.89. The molecule has 17 heavy (non-hydrogen) atoms. The van der Waals surface area contributed by atoms with Gasteiger partial charge in [0.15, 0.2) is 0 Å². The lowest BCUT2D eigenvalue weighted by Crippen LogP contribution is -2.45. The van der Waals surface area contributed by atoms with Crippen LogP contribution in [0.5, 0.6) is 0 Å². The maximum absolute atomic E-state index is 12.1. The Hall–Kier alpha value is -0.510. The number of amides is 2. The SMILES string of the molecule is C=C(Br)CNC(=O)N1CCCC1C1CCCC1. The summed E-state index contributed by atoms with van der Waals surface area (Å²) in [4.78, 5) is 14.1. The summed E-state index contributed by atoms with van der Waals surface area (Å²) in [5, 5.41) is 2.92. The summed E-state index contributed by atoms with van der Waals surface area (Å²) in [5.74, 6) is 0.746. The summed E-state index contributed by atoms with van der Waals surface area (Å²) in [6.07, 6.45) is 7.64. The zero-order valence-electron chi connectivity index (χ0n) is 10.3. The predicted octanol–water partition coefficient (Wildman–Crippen LogP) is 3.26. The van der Waals surface area contributed by atoms with E-state index in [4.69, 9.17) is 0 Å². The number of rotatable bonds is 3. The van der Waals surface area contributed by atoms with Gasteiger partial charge in [-0.25, -0.2) is 4.79 Å². The van der Waals surface area contributed by atoms with Crippen LogP contribution in [0.4, 0.5) is 4.79 Å². The van der Waals surface area contributed by atoms with Crippen molar-refractivity contribution in [3.63, 3.8) is 0 Å². The second-order valence-corrected chi connectivity index (χ2v) is 6.24. The molecule has 1 saturated heterocycles. The Kier molecular flexibility index (Phi) is 4.48. The van der Waals surface area contributed by atoms with Gasteiger partial charge in [0, 0.05) is 17.1 Å². The molecule has 96 valence electrons. The van der Waals surface area contributed by atoms with Crippen LogP contribution < -0.4 is 5.32 Å². The van der Waals surface area contributed by atoms with Crippen LogP contribution in [0.1, 0.15) is 38.5 Å². The molecule has 2 rings (SSSR count). The van der Waals surface area contributed by atoms with Crippen LogP contribution in [0.3, 0.4) is 0 Å². The average Bonchev–Trinajstić information content (AvgIpc) is 2.94. The van der Waals surface area contributed by atoms with Crippen molar-refractivity contribution in [2.24, 2.45) is 5.92 Å². The van der Waals surface area contributed by atoms with E-state index in [1.54, 1.807) is 0 Å². The normalized spacial score (nSPS) is 25.2. The van der Waals surface area contributed by atoms with Crippen molar-refractivity contribution in [2.75, 3.05) is 13.1 Å². The number of carbonyl (C=O) groups is 1. The predicted molar refractivity (Wildman–Crippen MR) is 73.2 cm³/mol. The van der Waals surface area contributed by atoms with Crippen molar-refractivity contribution >= 4 is 22.0 Å². The van der Waals surface area contributed by atoms with E-state index in [0.717, 1.165) is 23.4 Å². The molecule has 0 radical (unpaired) electrons. The summed E-state index contributed by atoms with van der Waals surface area (Å²) >= 11 is 3.27. The van der Waals surface area contributed by atoms with Gasteiger partial charge in [-0.1, -0.05) is 35.4 Å². The number of halogens is 1. The van der Waals surface area contributed by atoms with Gasteiger partial charge in [-0.2, -0.15) is 0 Å². The highest BCUT2D eigenvalue weighted by atomic mass is 79.9. The van der Waals surface area contributed by atoms with E-state index in [0.29, 0.717) is 12.6 Å². The highest BCUT2D eigenvalue weighted by Gasteiger charge is 2.35. The Balaban J connectivity index is 1.89. The Bertz CT molecular complexity index is 300. The Morgan fingerprint density at radius 2 is 2.00 bits per heavy atom. The molecule has 0 bridgehead atoms. The molecule has 4 heteroatoms. The van der Waals surface area contributed by atoms with Gasteiger partial charge in [0.2, 0.25) is 0 Å². The molecule has 2 fully saturated rings. The highest BCUT2D eigenvalue weighted by Crippen LogP contribution is 2.35. The third kappa shape index (κ3) is 3.24. The van der Waals surface area contributed by atoms with Gasteiger partial charge in [0.05, 0.1) is 6.54 Å². The van der Waals surface area contributed by atoms with Crippen LogP contribution >= 0.6 is 15.9 Å². The van der Waals surface area contributed by atoms with Gasteiger partial charge >= 0.3 is 6.03 Å². The number of hydrogen-bond acceptors (Lipinski definition) is 1. The topological polar surface area (TPSA) is 32.3 Å². The molecule has 1 N–H and O–H groups in total. The quantitative estimate of drug-likeness (QED) is 0.852. The summed E-state index contributed by atoms with van der Waals surface area (Å²) < 4.78 is 0.822. The molecule has 1 aliphatic carbocycles. The summed E-state index contributed by atoms with van der Waals surface area (Å²) in [5.41, 5.74) is 0. The lowest BCUT2D eigenvalue weighted by Gasteiger charge is -2.29. The van der Waals surface area contributed by atoms with Crippen LogP contribution in [0, 0.1) is 5.92 Å². The Morgan fingerprint density at radius 3 is 2.65 bits per heavy atom. The number of nitrogens with zero attached hydrogens (tertiary/aromatic N) is 1. The Morgan fingerprint density at radius 1 is 1.29 bits per heavy atom. The molecule has 0 spiro atoms. The molecule has 0 aromatic heterocycles. The van der Waals surface area contributed by atoms with Gasteiger partial charge < -0.3 is 10.2 Å². The molecule has 1 aliphatic heterocycles. The fraction of sp³-hybridized carbons (Fsp3) is 0.769. The molecule has 2 aliphatic rings. The summed E-state index contributed by atoms with van der Waals surface area (Å²) in [7, 11) is 0. The van der Waals surface area contributed by atoms with Crippen LogP contribution in [0.2, 0.25) is 0 Å². The second-order valence-electron chi connectivity index (χ2n) is 5.12. The van der Waals surface area contributed by atoms with Gasteiger partial charge in [-0.15, -0.1) is 0 Å². The first-order valence-corrected chi connectivity index (χ1v) is 7.35. The Labute approximate surface area is 112 Å². The molecule has 2 amide bonds. The fourth-order valence-electron chi connectivity index (χ4n) is 3.15. The van der Waals surface area contributed by atoms with E-state index in [2.05, 4.69) is 27.8 Å². The standard InChI is InChI=1S/C13H21BrN2O/c1-10(14)9-15-13(17)16-8-4-7-12(16)11-5-2-3-6-11/h11-12H,1-9H2,(H,15,17). The van der Waals surface area contributed by atoms with Gasteiger partial charge in [0.1, 0.15) is 0 Å². The largest absolute Gasteiger partial charge is 0.333 e. The summed E-state index contributed by atoms with van der Waals surface area (Å²) in [6, 6.07) is 0.570. The number of likely N-dealkylation sites (tertiary alicyclic amines) is 1. The molecule has 1 saturated carbocycles. The van der Waals surface area contributed by atoms with Crippen molar-refractivity contribution in [1.29, 1.82) is 0 Å². The van der Waals surface area contributed by atoms with Crippen molar-refractivity contribution in [2.45, 2.75) is 44.6 Å². The van der Waals surface area contributed by atoms with E-state index >= 15 is 0 Å². The number of nitrogens with one attached hydrogen (secondary N) is 1. The van der Waals surface area contributed by atoms with E-state index in [1.165, 1.54) is 32.1 Å². The maximum atomic E-state index is 12.1. The average molecular weight is 301 g/mol. The molecular weight excluding hydrogens is 280 g/mol. The first kappa shape index (κ1) is 12.9. The molecule has 1 atom stereocenters. The molecule has 1 heterocycles. The maximum Gasteiger partial charge on any atom is 0.317 e. The van der Waals surface area contributed by atoms with Crippen LogP contribution in [0.25, 0.3) is 0 Å². The van der Waals surface area contributed by atoms with Crippen LogP contribution in [0.15, 0.2) is 11.1 Å². The van der Waals surface area contributed by atoms with E-state index in [9.17, 15) is 4.79 Å². The molecule has 1 unspecified atom stereocenters. The third-order valence-corrected chi connectivity index (χ3v) is 4.22. The monoisotopic (exact) mass is 300 g/mol. The lowest BCUT2D eigenvalue weighted by atomic mass is 9.96. The molecule has 0 aromatic rings. The number of carbonyl (C=O) groups excluding carboxylic acids is 1. The van der Waals surface area contributed by atoms with E-state index in [1.807, 2.05) is 4.90 Å². The third-order valence-electron chi connectivity index (χ3n) is 3.94. The zero-order valence-corrected chi connectivity index (χ0v) is 11.8. The first-order valence-electron chi connectivity index (χ1n) is 6.56. The minimum Gasteiger partial charge on any atom is -0.333 e. The zero-order chi connectivity index (χ0) is 12.3. The van der Waals surface area contributed by atoms with Crippen LogP contribution in [-0.2, 0) is 0 Å². The van der Waals surface area contributed by atoms with Gasteiger partial charge in [0.25, 0.3) is 0 Å². The lowest BCUT2D eigenvalue weighted by molar-refractivity contribution is 0.174. The van der Waals surface area contributed by atoms with Crippen LogP contribution in [-0.4, -0.2) is 30.1 Å². The van der Waals surface area contributed by atoms with E-state index < -0.39 is 0 Å². The smallest absolute Gasteiger partial charge is 0.317 e. The molecule has 3 nitrogen and oxygen atoms in total. The van der Waals surface area contributed by atoms with Crippen molar-refractivity contribution in [3.8, 4) is 0 Å².